The number of hydrogen-bond donors (Lipinski definition) is 0. The van der Waals surface area contributed by atoms with Gasteiger partial charge in [-0.05, 0) is 89.9 Å². The van der Waals surface area contributed by atoms with Crippen LogP contribution in [0.5, 0.6) is 0 Å². The van der Waals surface area contributed by atoms with Crippen molar-refractivity contribution >= 4 is 17.9 Å². The third-order valence-electron chi connectivity index (χ3n) is 14.7. The number of hydrogen-bond acceptors (Lipinski definition) is 6. The average molecular weight is 1080 g/mol. The molecular weight excluding hydrogens is 949 g/mol. The summed E-state index contributed by atoms with van der Waals surface area (Å²) < 4.78 is 16.8. The Hall–Kier alpha value is -3.15. The van der Waals surface area contributed by atoms with Crippen LogP contribution >= 0.6 is 0 Å². The standard InChI is InChI=1S/C71H126O6/c1-4-7-10-13-15-17-19-21-23-25-27-28-29-30-31-32-33-34-35-36-37-38-39-40-41-42-44-45-47-49-51-53-55-58-61-64-70(73)76-67-68(66-75-69(72)63-60-57-12-9-6-3)77-71(74)65-62-59-56-54-52-50-48-46-43-26-24-22-20-18-16-14-11-8-5-2/h7,10,15,17,21-24,27-28,30-31,68H,4-6,8-9,11-14,16,18-20,25-26,29,32-67H2,1-3H3/b10-7-,17-15-,23-21-,24-22-,28-27-,31-30-. The largest absolute Gasteiger partial charge is 0.462 e. The summed E-state index contributed by atoms with van der Waals surface area (Å²) in [6.45, 7) is 6.48. The van der Waals surface area contributed by atoms with Crippen molar-refractivity contribution in [1.29, 1.82) is 0 Å². The van der Waals surface area contributed by atoms with E-state index in [1.807, 2.05) is 0 Å². The van der Waals surface area contributed by atoms with E-state index < -0.39 is 6.10 Å². The van der Waals surface area contributed by atoms with Crippen LogP contribution in [0.25, 0.3) is 0 Å². The number of esters is 3. The Balaban J connectivity index is 3.91. The quantitative estimate of drug-likeness (QED) is 0.0261. The fourth-order valence-electron chi connectivity index (χ4n) is 9.70. The molecule has 6 heteroatoms. The summed E-state index contributed by atoms with van der Waals surface area (Å²) in [4.78, 5) is 37.9. The second-order valence-corrected chi connectivity index (χ2v) is 22.4. The first kappa shape index (κ1) is 73.8. The van der Waals surface area contributed by atoms with Gasteiger partial charge in [0.25, 0.3) is 0 Å². The van der Waals surface area contributed by atoms with Gasteiger partial charge < -0.3 is 14.2 Å². The molecule has 6 nitrogen and oxygen atoms in total. The molecule has 0 N–H and O–H groups in total. The van der Waals surface area contributed by atoms with Gasteiger partial charge in [0, 0.05) is 19.3 Å². The summed E-state index contributed by atoms with van der Waals surface area (Å²) in [7, 11) is 0. The Labute approximate surface area is 478 Å². The lowest BCUT2D eigenvalue weighted by Crippen LogP contribution is -2.30. The van der Waals surface area contributed by atoms with E-state index in [0.717, 1.165) is 96.3 Å². The smallest absolute Gasteiger partial charge is 0.306 e. The van der Waals surface area contributed by atoms with E-state index in [-0.39, 0.29) is 31.1 Å². The second kappa shape index (κ2) is 65.4. The summed E-state index contributed by atoms with van der Waals surface area (Å²) in [6.07, 6.45) is 85.5. The van der Waals surface area contributed by atoms with E-state index in [1.165, 1.54) is 205 Å². The van der Waals surface area contributed by atoms with Crippen molar-refractivity contribution in [2.75, 3.05) is 13.2 Å². The first-order valence-corrected chi connectivity index (χ1v) is 33.4. The minimum Gasteiger partial charge on any atom is -0.462 e. The zero-order valence-corrected chi connectivity index (χ0v) is 51.2. The molecule has 0 saturated heterocycles. The summed E-state index contributed by atoms with van der Waals surface area (Å²) in [6, 6.07) is 0. The van der Waals surface area contributed by atoms with Gasteiger partial charge in [0.1, 0.15) is 13.2 Å². The van der Waals surface area contributed by atoms with Gasteiger partial charge in [0.05, 0.1) is 0 Å². The molecule has 1 atom stereocenters. The molecule has 0 spiro atoms. The van der Waals surface area contributed by atoms with Gasteiger partial charge in [-0.2, -0.15) is 0 Å². The first-order chi connectivity index (χ1) is 38.0. The van der Waals surface area contributed by atoms with Crippen molar-refractivity contribution in [2.45, 2.75) is 348 Å². The Morgan fingerprint density at radius 3 is 0.805 bits per heavy atom. The lowest BCUT2D eigenvalue weighted by atomic mass is 10.0. The van der Waals surface area contributed by atoms with Crippen LogP contribution in [0.1, 0.15) is 342 Å². The molecule has 0 fully saturated rings. The molecule has 0 aliphatic rings. The first-order valence-electron chi connectivity index (χ1n) is 33.4. The van der Waals surface area contributed by atoms with Crippen LogP contribution < -0.4 is 0 Å². The van der Waals surface area contributed by atoms with Crippen LogP contribution in [0.15, 0.2) is 72.9 Å². The molecule has 0 amide bonds. The molecule has 0 aromatic rings. The van der Waals surface area contributed by atoms with Gasteiger partial charge in [-0.1, -0.05) is 306 Å². The van der Waals surface area contributed by atoms with Crippen LogP contribution in [0.3, 0.4) is 0 Å². The maximum atomic E-state index is 12.8. The van der Waals surface area contributed by atoms with Crippen molar-refractivity contribution in [3.05, 3.63) is 72.9 Å². The molecule has 77 heavy (non-hydrogen) atoms. The zero-order chi connectivity index (χ0) is 55.7. The van der Waals surface area contributed by atoms with Gasteiger partial charge >= 0.3 is 17.9 Å². The van der Waals surface area contributed by atoms with Crippen molar-refractivity contribution in [3.63, 3.8) is 0 Å². The number of carbonyl (C=O) groups excluding carboxylic acids is 3. The highest BCUT2D eigenvalue weighted by atomic mass is 16.6. The molecule has 0 aliphatic heterocycles. The van der Waals surface area contributed by atoms with E-state index in [2.05, 4.69) is 93.7 Å². The molecule has 446 valence electrons. The fraction of sp³-hybridized carbons (Fsp3) is 0.789. The van der Waals surface area contributed by atoms with Crippen molar-refractivity contribution in [1.82, 2.24) is 0 Å². The highest BCUT2D eigenvalue weighted by Gasteiger charge is 2.19. The van der Waals surface area contributed by atoms with E-state index in [0.29, 0.717) is 19.3 Å². The highest BCUT2D eigenvalue weighted by molar-refractivity contribution is 5.71. The van der Waals surface area contributed by atoms with Crippen LogP contribution in [0.2, 0.25) is 0 Å². The van der Waals surface area contributed by atoms with Crippen LogP contribution in [0.4, 0.5) is 0 Å². The fourth-order valence-corrected chi connectivity index (χ4v) is 9.70. The highest BCUT2D eigenvalue weighted by Crippen LogP contribution is 2.17. The molecule has 0 aromatic heterocycles. The van der Waals surface area contributed by atoms with Crippen molar-refractivity contribution in [2.24, 2.45) is 0 Å². The Morgan fingerprint density at radius 2 is 0.506 bits per heavy atom. The minimum absolute atomic E-state index is 0.0713. The summed E-state index contributed by atoms with van der Waals surface area (Å²) in [5.41, 5.74) is 0. The van der Waals surface area contributed by atoms with E-state index in [9.17, 15) is 14.4 Å². The SMILES string of the molecule is CC/C=C\C/C=C\C/C=C\C/C=C\C/C=C\CCCCCCCCCCCCCCCCCCCCCC(=O)OCC(COC(=O)CCCCCCC)OC(=O)CCCCCCCCCCC/C=C\CCCCCCCC. The topological polar surface area (TPSA) is 78.9 Å². The maximum Gasteiger partial charge on any atom is 0.306 e. The third-order valence-corrected chi connectivity index (χ3v) is 14.7. The number of ether oxygens (including phenoxy) is 3. The van der Waals surface area contributed by atoms with E-state index in [1.54, 1.807) is 0 Å². The Kier molecular flexibility index (Phi) is 62.7. The van der Waals surface area contributed by atoms with Gasteiger partial charge in [-0.25, -0.2) is 0 Å². The molecule has 0 radical (unpaired) electrons. The Bertz CT molecular complexity index is 1420. The Morgan fingerprint density at radius 1 is 0.273 bits per heavy atom. The van der Waals surface area contributed by atoms with E-state index in [4.69, 9.17) is 14.2 Å². The average Bonchev–Trinajstić information content (AvgIpc) is 3.43. The summed E-state index contributed by atoms with van der Waals surface area (Å²) in [5.74, 6) is -0.871. The van der Waals surface area contributed by atoms with Crippen LogP contribution in [0, 0.1) is 0 Å². The third kappa shape index (κ3) is 63.6. The van der Waals surface area contributed by atoms with Gasteiger partial charge in [-0.15, -0.1) is 0 Å². The monoisotopic (exact) mass is 1070 g/mol. The summed E-state index contributed by atoms with van der Waals surface area (Å²) in [5, 5.41) is 0. The zero-order valence-electron chi connectivity index (χ0n) is 51.2. The van der Waals surface area contributed by atoms with Crippen LogP contribution in [-0.4, -0.2) is 37.2 Å². The normalized spacial score (nSPS) is 12.5. The predicted octanol–water partition coefficient (Wildman–Crippen LogP) is 22.9. The number of unbranched alkanes of at least 4 members (excludes halogenated alkanes) is 38. The molecule has 0 saturated carbocycles. The lowest BCUT2D eigenvalue weighted by molar-refractivity contribution is -0.167. The molecule has 0 bridgehead atoms. The molecular formula is C71H126O6. The molecule has 1 unspecified atom stereocenters. The van der Waals surface area contributed by atoms with Gasteiger partial charge in [0.2, 0.25) is 0 Å². The maximum absolute atomic E-state index is 12.8. The summed E-state index contributed by atoms with van der Waals surface area (Å²) >= 11 is 0. The second-order valence-electron chi connectivity index (χ2n) is 22.4. The molecule has 0 heterocycles. The van der Waals surface area contributed by atoms with E-state index >= 15 is 0 Å². The van der Waals surface area contributed by atoms with Crippen molar-refractivity contribution < 1.29 is 28.6 Å². The van der Waals surface area contributed by atoms with Crippen molar-refractivity contribution in [3.8, 4) is 0 Å². The molecule has 0 aliphatic carbocycles. The lowest BCUT2D eigenvalue weighted by Gasteiger charge is -2.18. The number of allylic oxidation sites excluding steroid dienone is 12. The minimum atomic E-state index is -0.770. The van der Waals surface area contributed by atoms with Gasteiger partial charge in [-0.3, -0.25) is 14.4 Å². The molecule has 0 rings (SSSR count). The van der Waals surface area contributed by atoms with Gasteiger partial charge in [0.15, 0.2) is 6.10 Å². The number of carbonyl (C=O) groups is 3. The molecule has 0 aromatic carbocycles. The van der Waals surface area contributed by atoms with Crippen LogP contribution in [-0.2, 0) is 28.6 Å². The predicted molar refractivity (Wildman–Crippen MR) is 335 cm³/mol. The number of rotatable bonds is 61.